The molecule has 2 aromatic heterocycles. The fourth-order valence-corrected chi connectivity index (χ4v) is 2.49. The lowest BCUT2D eigenvalue weighted by atomic mass is 10.1. The van der Waals surface area contributed by atoms with Crippen LogP contribution >= 0.6 is 0 Å². The zero-order valence-electron chi connectivity index (χ0n) is 12.4. The Morgan fingerprint density at radius 2 is 1.87 bits per heavy atom. The van der Waals surface area contributed by atoms with Gasteiger partial charge in [0.05, 0.1) is 0 Å². The van der Waals surface area contributed by atoms with Gasteiger partial charge in [-0.1, -0.05) is 30.3 Å². The molecule has 0 fully saturated rings. The third kappa shape index (κ3) is 2.92. The van der Waals surface area contributed by atoms with E-state index in [1.165, 1.54) is 0 Å². The number of benzene rings is 2. The first-order chi connectivity index (χ1) is 11.4. The average Bonchev–Trinajstić information content (AvgIpc) is 3.09. The Hall–Kier alpha value is -3.14. The summed E-state index contributed by atoms with van der Waals surface area (Å²) in [5.74, 6) is 1.24. The van der Waals surface area contributed by atoms with E-state index in [1.807, 2.05) is 54.7 Å². The maximum absolute atomic E-state index is 5.77. The topological polar surface area (TPSA) is 50.8 Å². The largest absolute Gasteiger partial charge is 0.473 e. The van der Waals surface area contributed by atoms with Gasteiger partial charge in [0.2, 0.25) is 5.88 Å². The second-order valence-corrected chi connectivity index (χ2v) is 5.27. The summed E-state index contributed by atoms with van der Waals surface area (Å²) in [6.07, 6.45) is 3.65. The first-order valence-electron chi connectivity index (χ1n) is 7.46. The van der Waals surface area contributed by atoms with Crippen molar-refractivity contribution in [2.24, 2.45) is 0 Å². The number of rotatable bonds is 4. The average molecular weight is 301 g/mol. The standard InChI is InChI=1S/C19H15N3O/c1-2-4-14(5-3-1)13-23-18-9-11-21-19(22-18)16-6-7-17-15(12-16)8-10-20-17/h1-12,20H,13H2. The first-order valence-corrected chi connectivity index (χ1v) is 7.46. The highest BCUT2D eigenvalue weighted by molar-refractivity contribution is 5.83. The first kappa shape index (κ1) is 13.5. The van der Waals surface area contributed by atoms with Gasteiger partial charge in [0.1, 0.15) is 6.61 Å². The third-order valence-electron chi connectivity index (χ3n) is 3.67. The van der Waals surface area contributed by atoms with E-state index in [4.69, 9.17) is 4.74 Å². The number of H-pyrrole nitrogens is 1. The second-order valence-electron chi connectivity index (χ2n) is 5.27. The zero-order valence-corrected chi connectivity index (χ0v) is 12.4. The van der Waals surface area contributed by atoms with Gasteiger partial charge >= 0.3 is 0 Å². The van der Waals surface area contributed by atoms with Crippen LogP contribution in [0.3, 0.4) is 0 Å². The molecule has 0 unspecified atom stereocenters. The number of fused-ring (bicyclic) bond motifs is 1. The fourth-order valence-electron chi connectivity index (χ4n) is 2.49. The molecule has 0 saturated carbocycles. The van der Waals surface area contributed by atoms with Gasteiger partial charge in [-0.05, 0) is 29.8 Å². The summed E-state index contributed by atoms with van der Waals surface area (Å²) < 4.78 is 5.77. The number of nitrogens with one attached hydrogen (secondary N) is 1. The highest BCUT2D eigenvalue weighted by Gasteiger charge is 2.05. The minimum Gasteiger partial charge on any atom is -0.473 e. The summed E-state index contributed by atoms with van der Waals surface area (Å²) in [6, 6.07) is 20.0. The number of hydrogen-bond donors (Lipinski definition) is 1. The van der Waals surface area contributed by atoms with Crippen LogP contribution in [0.4, 0.5) is 0 Å². The molecule has 2 aromatic carbocycles. The van der Waals surface area contributed by atoms with Crippen LogP contribution in [0, 0.1) is 0 Å². The molecule has 112 valence electrons. The summed E-state index contributed by atoms with van der Waals surface area (Å²) in [5, 5.41) is 1.14. The van der Waals surface area contributed by atoms with Crippen LogP contribution in [0.25, 0.3) is 22.3 Å². The van der Waals surface area contributed by atoms with Gasteiger partial charge in [-0.25, -0.2) is 4.98 Å². The minimum absolute atomic E-state index is 0.494. The maximum atomic E-state index is 5.77. The zero-order chi connectivity index (χ0) is 15.5. The Bertz CT molecular complexity index is 931. The molecule has 0 amide bonds. The fraction of sp³-hybridized carbons (Fsp3) is 0.0526. The van der Waals surface area contributed by atoms with Crippen LogP contribution in [0.2, 0.25) is 0 Å². The summed E-state index contributed by atoms with van der Waals surface area (Å²) in [7, 11) is 0. The van der Waals surface area contributed by atoms with Gasteiger partial charge in [0, 0.05) is 34.9 Å². The second kappa shape index (κ2) is 5.93. The van der Waals surface area contributed by atoms with E-state index in [9.17, 15) is 0 Å². The van der Waals surface area contributed by atoms with Gasteiger partial charge in [-0.15, -0.1) is 0 Å². The highest BCUT2D eigenvalue weighted by atomic mass is 16.5. The molecule has 0 radical (unpaired) electrons. The maximum Gasteiger partial charge on any atom is 0.217 e. The van der Waals surface area contributed by atoms with Crippen molar-refractivity contribution in [2.75, 3.05) is 0 Å². The molecule has 23 heavy (non-hydrogen) atoms. The highest BCUT2D eigenvalue weighted by Crippen LogP contribution is 2.22. The van der Waals surface area contributed by atoms with Crippen molar-refractivity contribution in [3.8, 4) is 17.3 Å². The molecular formula is C19H15N3O. The van der Waals surface area contributed by atoms with E-state index in [1.54, 1.807) is 12.3 Å². The van der Waals surface area contributed by atoms with Crippen molar-refractivity contribution in [3.63, 3.8) is 0 Å². The molecule has 4 aromatic rings. The quantitative estimate of drug-likeness (QED) is 0.614. The van der Waals surface area contributed by atoms with E-state index in [0.29, 0.717) is 18.3 Å². The van der Waals surface area contributed by atoms with Crippen molar-refractivity contribution in [1.82, 2.24) is 15.0 Å². The number of hydrogen-bond acceptors (Lipinski definition) is 3. The third-order valence-corrected chi connectivity index (χ3v) is 3.67. The van der Waals surface area contributed by atoms with Crippen LogP contribution in [-0.2, 0) is 6.61 Å². The van der Waals surface area contributed by atoms with Gasteiger partial charge in [-0.2, -0.15) is 4.98 Å². The molecule has 0 aliphatic carbocycles. The Labute approximate surface area is 133 Å². The van der Waals surface area contributed by atoms with Crippen molar-refractivity contribution < 1.29 is 4.74 Å². The number of nitrogens with zero attached hydrogens (tertiary/aromatic N) is 2. The molecule has 0 aliphatic heterocycles. The molecule has 0 spiro atoms. The summed E-state index contributed by atoms with van der Waals surface area (Å²) in [6.45, 7) is 0.494. The van der Waals surface area contributed by atoms with Gasteiger partial charge < -0.3 is 9.72 Å². The number of aromatic nitrogens is 3. The van der Waals surface area contributed by atoms with E-state index >= 15 is 0 Å². The smallest absolute Gasteiger partial charge is 0.217 e. The van der Waals surface area contributed by atoms with Crippen LogP contribution in [-0.4, -0.2) is 15.0 Å². The van der Waals surface area contributed by atoms with E-state index in [-0.39, 0.29) is 0 Å². The molecule has 0 bridgehead atoms. The molecule has 0 aliphatic rings. The molecule has 0 saturated heterocycles. The van der Waals surface area contributed by atoms with Crippen molar-refractivity contribution in [2.45, 2.75) is 6.61 Å². The van der Waals surface area contributed by atoms with Gasteiger partial charge in [0.25, 0.3) is 0 Å². The van der Waals surface area contributed by atoms with Crippen LogP contribution in [0.15, 0.2) is 73.1 Å². The molecular weight excluding hydrogens is 286 g/mol. The van der Waals surface area contributed by atoms with Crippen molar-refractivity contribution in [1.29, 1.82) is 0 Å². The van der Waals surface area contributed by atoms with E-state index in [2.05, 4.69) is 21.0 Å². The summed E-state index contributed by atoms with van der Waals surface area (Å²) in [5.41, 5.74) is 3.19. The van der Waals surface area contributed by atoms with Crippen LogP contribution in [0.1, 0.15) is 5.56 Å². The van der Waals surface area contributed by atoms with E-state index in [0.717, 1.165) is 22.0 Å². The molecule has 2 heterocycles. The summed E-state index contributed by atoms with van der Waals surface area (Å²) in [4.78, 5) is 12.0. The lowest BCUT2D eigenvalue weighted by molar-refractivity contribution is 0.293. The van der Waals surface area contributed by atoms with E-state index < -0.39 is 0 Å². The predicted molar refractivity (Wildman–Crippen MR) is 90.1 cm³/mol. The minimum atomic E-state index is 0.494. The van der Waals surface area contributed by atoms with Crippen LogP contribution < -0.4 is 4.74 Å². The Balaban J connectivity index is 1.58. The molecule has 0 atom stereocenters. The lowest BCUT2D eigenvalue weighted by Gasteiger charge is -2.07. The Morgan fingerprint density at radius 3 is 2.78 bits per heavy atom. The molecule has 1 N–H and O–H groups in total. The normalized spacial score (nSPS) is 10.8. The van der Waals surface area contributed by atoms with Crippen molar-refractivity contribution in [3.05, 3.63) is 78.6 Å². The van der Waals surface area contributed by atoms with Crippen LogP contribution in [0.5, 0.6) is 5.88 Å². The Morgan fingerprint density at radius 1 is 0.957 bits per heavy atom. The molecule has 4 rings (SSSR count). The SMILES string of the molecule is c1ccc(COc2ccnc(-c3ccc4[nH]ccc4c3)n2)cc1. The Kier molecular flexibility index (Phi) is 3.48. The molecule has 4 nitrogen and oxygen atoms in total. The number of ether oxygens (including phenoxy) is 1. The lowest BCUT2D eigenvalue weighted by Crippen LogP contribution is -1.98. The summed E-state index contributed by atoms with van der Waals surface area (Å²) >= 11 is 0. The van der Waals surface area contributed by atoms with Gasteiger partial charge in [-0.3, -0.25) is 0 Å². The van der Waals surface area contributed by atoms with Gasteiger partial charge in [0.15, 0.2) is 5.82 Å². The number of aromatic amines is 1. The predicted octanol–water partition coefficient (Wildman–Crippen LogP) is 4.20. The monoisotopic (exact) mass is 301 g/mol. The van der Waals surface area contributed by atoms with Crippen molar-refractivity contribution >= 4 is 10.9 Å². The molecule has 4 heteroatoms.